The summed E-state index contributed by atoms with van der Waals surface area (Å²) in [6.07, 6.45) is 0. The summed E-state index contributed by atoms with van der Waals surface area (Å²) in [6, 6.07) is 6.95. The van der Waals surface area contributed by atoms with Gasteiger partial charge in [-0.05, 0) is 24.3 Å². The number of phenols is 1. The molecule has 1 atom stereocenters. The highest BCUT2D eigenvalue weighted by Crippen LogP contribution is 2.19. The normalized spacial score (nSPS) is 21.7. The van der Waals surface area contributed by atoms with E-state index in [9.17, 15) is 4.39 Å². The first-order chi connectivity index (χ1) is 7.29. The average Bonchev–Trinajstić information content (AvgIpc) is 2.30. The van der Waals surface area contributed by atoms with Crippen molar-refractivity contribution in [3.63, 3.8) is 0 Å². The van der Waals surface area contributed by atoms with Crippen LogP contribution in [0.5, 0.6) is 5.75 Å². The molecule has 0 spiro atoms. The maximum absolute atomic E-state index is 12.5. The predicted octanol–water partition coefficient (Wildman–Crippen LogP) is 1.14. The Bertz CT molecular complexity index is 315. The second kappa shape index (κ2) is 4.49. The third kappa shape index (κ3) is 2.39. The van der Waals surface area contributed by atoms with Gasteiger partial charge in [0.05, 0.1) is 6.04 Å². The summed E-state index contributed by atoms with van der Waals surface area (Å²) in [5, 5.41) is 12.3. The number of hydrogen-bond acceptors (Lipinski definition) is 3. The van der Waals surface area contributed by atoms with Crippen molar-refractivity contribution in [3.8, 4) is 5.75 Å². The first-order valence-corrected chi connectivity index (χ1v) is 5.13. The van der Waals surface area contributed by atoms with Gasteiger partial charge in [-0.1, -0.05) is 0 Å². The molecule has 1 aliphatic rings. The number of aromatic hydroxyl groups is 1. The minimum Gasteiger partial charge on any atom is -0.508 e. The van der Waals surface area contributed by atoms with Crippen LogP contribution < -0.4 is 10.2 Å². The van der Waals surface area contributed by atoms with Crippen molar-refractivity contribution < 1.29 is 9.50 Å². The number of hydrogen-bond donors (Lipinski definition) is 2. The Morgan fingerprint density at radius 2 is 2.13 bits per heavy atom. The number of nitrogens with zero attached hydrogens (tertiary/aromatic N) is 1. The molecule has 2 N–H and O–H groups in total. The second-order valence-corrected chi connectivity index (χ2v) is 3.77. The molecule has 0 amide bonds. The van der Waals surface area contributed by atoms with Crippen LogP contribution in [0.1, 0.15) is 0 Å². The van der Waals surface area contributed by atoms with Crippen LogP contribution >= 0.6 is 0 Å². The number of nitrogens with one attached hydrogen (secondary N) is 1. The lowest BCUT2D eigenvalue weighted by atomic mass is 10.2. The number of anilines is 1. The second-order valence-electron chi connectivity index (χ2n) is 3.77. The van der Waals surface area contributed by atoms with Crippen LogP contribution in [0.4, 0.5) is 10.1 Å². The summed E-state index contributed by atoms with van der Waals surface area (Å²) in [7, 11) is 0. The topological polar surface area (TPSA) is 35.5 Å². The van der Waals surface area contributed by atoms with E-state index in [2.05, 4.69) is 10.2 Å². The molecular weight excluding hydrogens is 195 g/mol. The maximum Gasteiger partial charge on any atom is 0.115 e. The number of rotatable bonds is 2. The number of benzene rings is 1. The Kier molecular flexibility index (Phi) is 3.06. The van der Waals surface area contributed by atoms with Gasteiger partial charge in [-0.3, -0.25) is 0 Å². The molecule has 0 bridgehead atoms. The zero-order valence-electron chi connectivity index (χ0n) is 8.49. The first kappa shape index (κ1) is 10.2. The monoisotopic (exact) mass is 210 g/mol. The molecule has 4 heteroatoms. The molecule has 82 valence electrons. The Morgan fingerprint density at radius 3 is 2.80 bits per heavy atom. The van der Waals surface area contributed by atoms with Gasteiger partial charge in [0, 0.05) is 25.3 Å². The zero-order chi connectivity index (χ0) is 10.7. The molecule has 1 heterocycles. The molecule has 3 nitrogen and oxygen atoms in total. The predicted molar refractivity (Wildman–Crippen MR) is 58.1 cm³/mol. The maximum atomic E-state index is 12.5. The van der Waals surface area contributed by atoms with E-state index >= 15 is 0 Å². The number of piperazine rings is 1. The first-order valence-electron chi connectivity index (χ1n) is 5.13. The summed E-state index contributed by atoms with van der Waals surface area (Å²) < 4.78 is 12.5. The van der Waals surface area contributed by atoms with Gasteiger partial charge in [-0.15, -0.1) is 0 Å². The highest BCUT2D eigenvalue weighted by Gasteiger charge is 2.18. The molecule has 1 aromatic carbocycles. The molecule has 0 saturated carbocycles. The van der Waals surface area contributed by atoms with Gasteiger partial charge >= 0.3 is 0 Å². The van der Waals surface area contributed by atoms with Gasteiger partial charge in [0.2, 0.25) is 0 Å². The van der Waals surface area contributed by atoms with E-state index in [0.29, 0.717) is 6.54 Å². The minimum atomic E-state index is -0.339. The third-order valence-electron chi connectivity index (χ3n) is 2.66. The lowest BCUT2D eigenvalue weighted by Crippen LogP contribution is -2.51. The highest BCUT2D eigenvalue weighted by atomic mass is 19.1. The molecule has 0 aliphatic carbocycles. The van der Waals surface area contributed by atoms with E-state index in [1.54, 1.807) is 12.1 Å². The van der Waals surface area contributed by atoms with E-state index in [0.717, 1.165) is 18.8 Å². The highest BCUT2D eigenvalue weighted by molar-refractivity contribution is 5.49. The molecule has 1 fully saturated rings. The minimum absolute atomic E-state index is 0.0763. The molecular formula is C11H15FN2O. The van der Waals surface area contributed by atoms with Crippen LogP contribution in [-0.4, -0.2) is 37.5 Å². The van der Waals surface area contributed by atoms with Crippen molar-refractivity contribution >= 4 is 5.69 Å². The van der Waals surface area contributed by atoms with Crippen molar-refractivity contribution in [1.29, 1.82) is 0 Å². The van der Waals surface area contributed by atoms with Gasteiger partial charge < -0.3 is 15.3 Å². The average molecular weight is 210 g/mol. The summed E-state index contributed by atoms with van der Waals surface area (Å²) >= 11 is 0. The van der Waals surface area contributed by atoms with Crippen LogP contribution in [0.25, 0.3) is 0 Å². The van der Waals surface area contributed by atoms with Gasteiger partial charge in [-0.25, -0.2) is 4.39 Å². The summed E-state index contributed by atoms with van der Waals surface area (Å²) in [6.45, 7) is 2.02. The van der Waals surface area contributed by atoms with Gasteiger partial charge in [-0.2, -0.15) is 0 Å². The number of halogens is 1. The lowest BCUT2D eigenvalue weighted by Gasteiger charge is -2.34. The van der Waals surface area contributed by atoms with Crippen molar-refractivity contribution in [3.05, 3.63) is 24.3 Å². The van der Waals surface area contributed by atoms with Crippen LogP contribution in [-0.2, 0) is 0 Å². The molecule has 0 aromatic heterocycles. The van der Waals surface area contributed by atoms with E-state index in [1.165, 1.54) is 0 Å². The molecule has 1 aliphatic heterocycles. The summed E-state index contributed by atoms with van der Waals surface area (Å²) in [5.74, 6) is 0.260. The molecule has 1 saturated heterocycles. The SMILES string of the molecule is Oc1ccc(N2CCN[C@@H](CF)C2)cc1. The van der Waals surface area contributed by atoms with Crippen LogP contribution in [0.2, 0.25) is 0 Å². The standard InChI is InChI=1S/C11H15FN2O/c12-7-9-8-14(6-5-13-9)10-1-3-11(15)4-2-10/h1-4,9,13,15H,5-8H2/t9-/m0/s1. The zero-order valence-corrected chi connectivity index (χ0v) is 8.49. The fraction of sp³-hybridized carbons (Fsp3) is 0.455. The fourth-order valence-electron chi connectivity index (χ4n) is 1.83. The molecule has 0 unspecified atom stereocenters. The van der Waals surface area contributed by atoms with E-state index in [4.69, 9.17) is 5.11 Å². The Hall–Kier alpha value is -1.29. The third-order valence-corrected chi connectivity index (χ3v) is 2.66. The number of alkyl halides is 1. The Morgan fingerprint density at radius 1 is 1.40 bits per heavy atom. The smallest absolute Gasteiger partial charge is 0.115 e. The molecule has 1 aromatic rings. The summed E-state index contributed by atoms with van der Waals surface area (Å²) in [5.41, 5.74) is 1.03. The van der Waals surface area contributed by atoms with Crippen LogP contribution in [0.15, 0.2) is 24.3 Å². The van der Waals surface area contributed by atoms with Crippen molar-refractivity contribution in [2.24, 2.45) is 0 Å². The summed E-state index contributed by atoms with van der Waals surface area (Å²) in [4.78, 5) is 2.13. The van der Waals surface area contributed by atoms with Crippen molar-refractivity contribution in [2.75, 3.05) is 31.2 Å². The largest absolute Gasteiger partial charge is 0.508 e. The molecule has 15 heavy (non-hydrogen) atoms. The van der Waals surface area contributed by atoms with E-state index in [1.807, 2.05) is 12.1 Å². The number of phenolic OH excluding ortho intramolecular Hbond substituents is 1. The Labute approximate surface area is 88.5 Å². The molecule has 2 rings (SSSR count). The quantitative estimate of drug-likeness (QED) is 0.768. The van der Waals surface area contributed by atoms with Gasteiger partial charge in [0.25, 0.3) is 0 Å². The van der Waals surface area contributed by atoms with Crippen molar-refractivity contribution in [2.45, 2.75) is 6.04 Å². The van der Waals surface area contributed by atoms with E-state index in [-0.39, 0.29) is 18.5 Å². The van der Waals surface area contributed by atoms with Crippen LogP contribution in [0, 0.1) is 0 Å². The molecule has 0 radical (unpaired) electrons. The Balaban J connectivity index is 2.06. The van der Waals surface area contributed by atoms with Gasteiger partial charge in [0.15, 0.2) is 0 Å². The van der Waals surface area contributed by atoms with Crippen LogP contribution in [0.3, 0.4) is 0 Å². The van der Waals surface area contributed by atoms with Gasteiger partial charge in [0.1, 0.15) is 12.4 Å². The van der Waals surface area contributed by atoms with E-state index < -0.39 is 0 Å². The fourth-order valence-corrected chi connectivity index (χ4v) is 1.83. The van der Waals surface area contributed by atoms with Crippen molar-refractivity contribution in [1.82, 2.24) is 5.32 Å². The lowest BCUT2D eigenvalue weighted by molar-refractivity contribution is 0.353.